The largest absolute Gasteiger partial charge is 0.496 e. The maximum atomic E-state index is 5.62. The molecule has 0 atom stereocenters. The van der Waals surface area contributed by atoms with Crippen LogP contribution in [-0.4, -0.2) is 13.7 Å². The summed E-state index contributed by atoms with van der Waals surface area (Å²) in [6.45, 7) is 2.78. The van der Waals surface area contributed by atoms with Crippen molar-refractivity contribution >= 4 is 11.8 Å². The minimum absolute atomic E-state index is 0.677. The van der Waals surface area contributed by atoms with Gasteiger partial charge in [-0.25, -0.2) is 0 Å². The fourth-order valence-corrected chi connectivity index (χ4v) is 2.94. The van der Waals surface area contributed by atoms with Crippen LogP contribution >= 0.6 is 11.8 Å². The lowest BCUT2D eigenvalue weighted by Crippen LogP contribution is -2.03. The highest BCUT2D eigenvalue weighted by Crippen LogP contribution is 2.29. The van der Waals surface area contributed by atoms with E-state index >= 15 is 0 Å². The summed E-state index contributed by atoms with van der Waals surface area (Å²) < 4.78 is 5.44. The third-order valence-electron chi connectivity index (χ3n) is 3.19. The van der Waals surface area contributed by atoms with Gasteiger partial charge in [0.2, 0.25) is 0 Å². The number of nitrogens with two attached hydrogens (primary N) is 1. The Kier molecular flexibility index (Phi) is 5.50. The molecule has 0 aliphatic rings. The lowest BCUT2D eigenvalue weighted by atomic mass is 10.1. The van der Waals surface area contributed by atoms with E-state index in [1.807, 2.05) is 17.8 Å². The number of methoxy groups -OCH3 is 1. The second-order valence-corrected chi connectivity index (χ2v) is 5.84. The van der Waals surface area contributed by atoms with Crippen LogP contribution in [0.25, 0.3) is 0 Å². The van der Waals surface area contributed by atoms with Crippen LogP contribution < -0.4 is 10.5 Å². The van der Waals surface area contributed by atoms with Gasteiger partial charge in [-0.15, -0.1) is 11.8 Å². The minimum Gasteiger partial charge on any atom is -0.496 e. The number of ether oxygens (including phenoxy) is 1. The highest BCUT2D eigenvalue weighted by Gasteiger charge is 2.05. The monoisotopic (exact) mass is 287 g/mol. The van der Waals surface area contributed by atoms with E-state index < -0.39 is 0 Å². The SMILES string of the molecule is COc1ccc(CCN)cc1CSc1ccc(C)cc1. The van der Waals surface area contributed by atoms with Crippen molar-refractivity contribution in [3.8, 4) is 5.75 Å². The quantitative estimate of drug-likeness (QED) is 0.821. The molecule has 0 spiro atoms. The summed E-state index contributed by atoms with van der Waals surface area (Å²) in [7, 11) is 1.72. The van der Waals surface area contributed by atoms with Crippen LogP contribution in [-0.2, 0) is 12.2 Å². The molecule has 2 N–H and O–H groups in total. The zero-order valence-corrected chi connectivity index (χ0v) is 12.9. The molecular weight excluding hydrogens is 266 g/mol. The Bertz CT molecular complexity index is 551. The van der Waals surface area contributed by atoms with Gasteiger partial charge in [0.1, 0.15) is 5.75 Å². The standard InChI is InChI=1S/C17H21NOS/c1-13-3-6-16(7-4-13)20-12-15-11-14(9-10-18)5-8-17(15)19-2/h3-8,11H,9-10,12,18H2,1-2H3. The molecule has 106 valence electrons. The van der Waals surface area contributed by atoms with Gasteiger partial charge in [-0.2, -0.15) is 0 Å². The van der Waals surface area contributed by atoms with Gasteiger partial charge >= 0.3 is 0 Å². The van der Waals surface area contributed by atoms with E-state index in [0.29, 0.717) is 6.54 Å². The number of aryl methyl sites for hydroxylation is 1. The number of thioether (sulfide) groups is 1. The highest BCUT2D eigenvalue weighted by atomic mass is 32.2. The van der Waals surface area contributed by atoms with E-state index in [1.165, 1.54) is 21.6 Å². The number of benzene rings is 2. The third kappa shape index (κ3) is 4.02. The molecule has 0 aromatic heterocycles. The zero-order valence-electron chi connectivity index (χ0n) is 12.1. The molecule has 2 aromatic carbocycles. The lowest BCUT2D eigenvalue weighted by Gasteiger charge is -2.10. The summed E-state index contributed by atoms with van der Waals surface area (Å²) in [6.07, 6.45) is 0.909. The molecule has 0 saturated heterocycles. The van der Waals surface area contributed by atoms with Gasteiger partial charge in [-0.05, 0) is 43.7 Å². The molecule has 2 rings (SSSR count). The summed E-state index contributed by atoms with van der Waals surface area (Å²) in [5, 5.41) is 0. The molecule has 0 amide bonds. The van der Waals surface area contributed by atoms with Crippen molar-refractivity contribution in [2.75, 3.05) is 13.7 Å². The average molecular weight is 287 g/mol. The first-order valence-corrected chi connectivity index (χ1v) is 7.77. The van der Waals surface area contributed by atoms with E-state index in [2.05, 4.69) is 43.3 Å². The Morgan fingerprint density at radius 2 is 1.85 bits per heavy atom. The number of hydrogen-bond acceptors (Lipinski definition) is 3. The van der Waals surface area contributed by atoms with E-state index in [0.717, 1.165) is 17.9 Å². The van der Waals surface area contributed by atoms with Crippen molar-refractivity contribution in [1.29, 1.82) is 0 Å². The van der Waals surface area contributed by atoms with Gasteiger partial charge in [0, 0.05) is 16.2 Å². The summed E-state index contributed by atoms with van der Waals surface area (Å²) in [4.78, 5) is 1.28. The Balaban J connectivity index is 2.10. The highest BCUT2D eigenvalue weighted by molar-refractivity contribution is 7.98. The topological polar surface area (TPSA) is 35.2 Å². The predicted molar refractivity (Wildman–Crippen MR) is 86.5 cm³/mol. The van der Waals surface area contributed by atoms with Crippen molar-refractivity contribution in [3.63, 3.8) is 0 Å². The molecule has 0 heterocycles. The van der Waals surface area contributed by atoms with Crippen LogP contribution in [0.3, 0.4) is 0 Å². The Hall–Kier alpha value is -1.45. The van der Waals surface area contributed by atoms with Gasteiger partial charge in [0.15, 0.2) is 0 Å². The maximum absolute atomic E-state index is 5.62. The molecule has 0 fully saturated rings. The lowest BCUT2D eigenvalue weighted by molar-refractivity contribution is 0.411. The van der Waals surface area contributed by atoms with Crippen LogP contribution in [0.1, 0.15) is 16.7 Å². The van der Waals surface area contributed by atoms with E-state index in [-0.39, 0.29) is 0 Å². The molecule has 0 radical (unpaired) electrons. The fourth-order valence-electron chi connectivity index (χ4n) is 2.06. The summed E-state index contributed by atoms with van der Waals surface area (Å²) in [5.74, 6) is 1.86. The summed E-state index contributed by atoms with van der Waals surface area (Å²) in [5.41, 5.74) is 9.41. The van der Waals surface area contributed by atoms with Crippen molar-refractivity contribution < 1.29 is 4.74 Å². The maximum Gasteiger partial charge on any atom is 0.122 e. The second-order valence-electron chi connectivity index (χ2n) is 4.79. The normalized spacial score (nSPS) is 10.6. The molecular formula is C17H21NOS. The van der Waals surface area contributed by atoms with Gasteiger partial charge in [-0.1, -0.05) is 29.8 Å². The van der Waals surface area contributed by atoms with Crippen LogP contribution in [0.2, 0.25) is 0 Å². The zero-order chi connectivity index (χ0) is 14.4. The molecule has 2 aromatic rings. The van der Waals surface area contributed by atoms with Crippen LogP contribution in [0.4, 0.5) is 0 Å². The molecule has 0 aliphatic heterocycles. The first-order valence-electron chi connectivity index (χ1n) is 6.78. The van der Waals surface area contributed by atoms with Gasteiger partial charge in [0.05, 0.1) is 7.11 Å². The van der Waals surface area contributed by atoms with Crippen LogP contribution in [0.15, 0.2) is 47.4 Å². The van der Waals surface area contributed by atoms with E-state index in [4.69, 9.17) is 10.5 Å². The third-order valence-corrected chi connectivity index (χ3v) is 4.25. The molecule has 0 aliphatic carbocycles. The van der Waals surface area contributed by atoms with E-state index in [9.17, 15) is 0 Å². The van der Waals surface area contributed by atoms with Crippen molar-refractivity contribution in [2.45, 2.75) is 24.0 Å². The first-order chi connectivity index (χ1) is 9.72. The molecule has 0 saturated carbocycles. The van der Waals surface area contributed by atoms with Gasteiger partial charge in [0.25, 0.3) is 0 Å². The van der Waals surface area contributed by atoms with Crippen molar-refractivity contribution in [1.82, 2.24) is 0 Å². The molecule has 0 unspecified atom stereocenters. The number of hydrogen-bond donors (Lipinski definition) is 1. The van der Waals surface area contributed by atoms with E-state index in [1.54, 1.807) is 7.11 Å². The predicted octanol–water partition coefficient (Wildman–Crippen LogP) is 3.80. The molecule has 20 heavy (non-hydrogen) atoms. The summed E-state index contributed by atoms with van der Waals surface area (Å²) >= 11 is 1.83. The van der Waals surface area contributed by atoms with Crippen LogP contribution in [0.5, 0.6) is 5.75 Å². The number of rotatable bonds is 6. The average Bonchev–Trinajstić information content (AvgIpc) is 2.47. The Morgan fingerprint density at radius 1 is 1.10 bits per heavy atom. The fraction of sp³-hybridized carbons (Fsp3) is 0.294. The molecule has 3 heteroatoms. The smallest absolute Gasteiger partial charge is 0.122 e. The Morgan fingerprint density at radius 3 is 2.50 bits per heavy atom. The first kappa shape index (κ1) is 14.9. The second kappa shape index (κ2) is 7.36. The Labute approximate surface area is 125 Å². The van der Waals surface area contributed by atoms with Crippen molar-refractivity contribution in [2.24, 2.45) is 5.73 Å². The van der Waals surface area contributed by atoms with Gasteiger partial charge in [-0.3, -0.25) is 0 Å². The summed E-state index contributed by atoms with van der Waals surface area (Å²) in [6, 6.07) is 14.9. The molecule has 0 bridgehead atoms. The molecule has 2 nitrogen and oxygen atoms in total. The van der Waals surface area contributed by atoms with Crippen molar-refractivity contribution in [3.05, 3.63) is 59.2 Å². The minimum atomic E-state index is 0.677. The van der Waals surface area contributed by atoms with Crippen LogP contribution in [0, 0.1) is 6.92 Å². The van der Waals surface area contributed by atoms with Gasteiger partial charge < -0.3 is 10.5 Å².